The van der Waals surface area contributed by atoms with Crippen molar-refractivity contribution >= 4 is 33.3 Å². The lowest BCUT2D eigenvalue weighted by Gasteiger charge is -2.13. The number of thioether (sulfide) groups is 1. The zero-order valence-electron chi connectivity index (χ0n) is 13.7. The molecule has 0 saturated heterocycles. The van der Waals surface area contributed by atoms with Gasteiger partial charge < -0.3 is 4.74 Å². The Morgan fingerprint density at radius 1 is 1.29 bits per heavy atom. The van der Waals surface area contributed by atoms with Crippen molar-refractivity contribution in [1.29, 1.82) is 0 Å². The van der Waals surface area contributed by atoms with Gasteiger partial charge in [-0.1, -0.05) is 17.8 Å². The molecule has 1 aliphatic carbocycles. The average Bonchev–Trinajstić information content (AvgIpc) is 3.00. The number of ether oxygens (including phenoxy) is 1. The Morgan fingerprint density at radius 2 is 2.12 bits per heavy atom. The number of aryl methyl sites for hydroxylation is 2. The third kappa shape index (κ3) is 2.45. The molecule has 2 aromatic heterocycles. The number of benzene rings is 1. The molecule has 0 unspecified atom stereocenters. The molecule has 0 aliphatic heterocycles. The van der Waals surface area contributed by atoms with E-state index in [1.54, 1.807) is 23.0 Å². The number of rotatable bonds is 3. The van der Waals surface area contributed by atoms with Crippen LogP contribution >= 0.6 is 23.1 Å². The van der Waals surface area contributed by atoms with Gasteiger partial charge in [0.25, 0.3) is 5.56 Å². The number of fused-ring (bicyclic) bond motifs is 3. The Bertz CT molecular complexity index is 975. The molecule has 0 bridgehead atoms. The summed E-state index contributed by atoms with van der Waals surface area (Å²) >= 11 is 3.19. The van der Waals surface area contributed by atoms with Crippen LogP contribution in [0.4, 0.5) is 0 Å². The SMILES string of the molecule is COc1cccc(-n2c(SC)nc3sc4c(c3c2=O)CCCC4)c1. The van der Waals surface area contributed by atoms with Gasteiger partial charge in [0.05, 0.1) is 18.2 Å². The molecule has 0 spiro atoms. The number of aromatic nitrogens is 2. The molecule has 0 saturated carbocycles. The molecule has 4 nitrogen and oxygen atoms in total. The minimum atomic E-state index is 0.0389. The van der Waals surface area contributed by atoms with E-state index in [-0.39, 0.29) is 5.56 Å². The van der Waals surface area contributed by atoms with E-state index in [1.165, 1.54) is 28.6 Å². The van der Waals surface area contributed by atoms with Crippen molar-refractivity contribution in [2.75, 3.05) is 13.4 Å². The van der Waals surface area contributed by atoms with E-state index in [9.17, 15) is 4.79 Å². The van der Waals surface area contributed by atoms with Gasteiger partial charge in [-0.05, 0) is 49.6 Å². The van der Waals surface area contributed by atoms with Crippen LogP contribution in [0, 0.1) is 0 Å². The molecule has 1 aliphatic rings. The second kappa shape index (κ2) is 6.26. The smallest absolute Gasteiger partial charge is 0.267 e. The van der Waals surface area contributed by atoms with Gasteiger partial charge >= 0.3 is 0 Å². The minimum Gasteiger partial charge on any atom is -0.497 e. The zero-order valence-corrected chi connectivity index (χ0v) is 15.3. The van der Waals surface area contributed by atoms with Crippen molar-refractivity contribution in [3.63, 3.8) is 0 Å². The van der Waals surface area contributed by atoms with E-state index in [0.717, 1.165) is 46.1 Å². The predicted molar refractivity (Wildman–Crippen MR) is 100 cm³/mol. The lowest BCUT2D eigenvalue weighted by Crippen LogP contribution is -2.22. The van der Waals surface area contributed by atoms with Crippen LogP contribution in [0.2, 0.25) is 0 Å². The average molecular weight is 358 g/mol. The molecule has 0 atom stereocenters. The molecule has 124 valence electrons. The highest BCUT2D eigenvalue weighted by atomic mass is 32.2. The highest BCUT2D eigenvalue weighted by Gasteiger charge is 2.22. The normalized spacial score (nSPS) is 13.9. The summed E-state index contributed by atoms with van der Waals surface area (Å²) in [6.07, 6.45) is 6.38. The summed E-state index contributed by atoms with van der Waals surface area (Å²) in [5, 5.41) is 1.54. The topological polar surface area (TPSA) is 44.1 Å². The van der Waals surface area contributed by atoms with Crippen LogP contribution in [0.25, 0.3) is 15.9 Å². The number of methoxy groups -OCH3 is 1. The highest BCUT2D eigenvalue weighted by Crippen LogP contribution is 2.35. The summed E-state index contributed by atoms with van der Waals surface area (Å²) in [5.74, 6) is 0.735. The van der Waals surface area contributed by atoms with Gasteiger partial charge in [-0.25, -0.2) is 4.98 Å². The molecule has 0 fully saturated rings. The largest absolute Gasteiger partial charge is 0.497 e. The van der Waals surface area contributed by atoms with Crippen molar-refractivity contribution in [2.45, 2.75) is 30.8 Å². The first-order valence-electron chi connectivity index (χ1n) is 7.98. The maximum Gasteiger partial charge on any atom is 0.267 e. The Labute approximate surface area is 148 Å². The fraction of sp³-hybridized carbons (Fsp3) is 0.333. The minimum absolute atomic E-state index is 0.0389. The molecule has 24 heavy (non-hydrogen) atoms. The molecule has 0 amide bonds. The van der Waals surface area contributed by atoms with Gasteiger partial charge in [-0.3, -0.25) is 9.36 Å². The second-order valence-electron chi connectivity index (χ2n) is 5.83. The maximum atomic E-state index is 13.3. The fourth-order valence-corrected chi connectivity index (χ4v) is 5.16. The van der Waals surface area contributed by atoms with Crippen molar-refractivity contribution in [3.05, 3.63) is 45.1 Å². The first-order chi connectivity index (χ1) is 11.7. The highest BCUT2D eigenvalue weighted by molar-refractivity contribution is 7.98. The lowest BCUT2D eigenvalue weighted by atomic mass is 9.97. The van der Waals surface area contributed by atoms with E-state index < -0.39 is 0 Å². The van der Waals surface area contributed by atoms with E-state index in [0.29, 0.717) is 0 Å². The summed E-state index contributed by atoms with van der Waals surface area (Å²) in [6, 6.07) is 7.59. The Kier molecular flexibility index (Phi) is 4.10. The van der Waals surface area contributed by atoms with Crippen LogP contribution in [-0.2, 0) is 12.8 Å². The van der Waals surface area contributed by atoms with Crippen LogP contribution in [0.3, 0.4) is 0 Å². The first-order valence-corrected chi connectivity index (χ1v) is 10.0. The van der Waals surface area contributed by atoms with Crippen molar-refractivity contribution in [2.24, 2.45) is 0 Å². The summed E-state index contributed by atoms with van der Waals surface area (Å²) in [4.78, 5) is 20.3. The number of nitrogens with zero attached hydrogens (tertiary/aromatic N) is 2. The lowest BCUT2D eigenvalue weighted by molar-refractivity contribution is 0.414. The molecular weight excluding hydrogens is 340 g/mol. The van der Waals surface area contributed by atoms with E-state index in [1.807, 2.05) is 30.5 Å². The van der Waals surface area contributed by atoms with Crippen LogP contribution in [0.1, 0.15) is 23.3 Å². The summed E-state index contributed by atoms with van der Waals surface area (Å²) in [7, 11) is 1.63. The van der Waals surface area contributed by atoms with E-state index >= 15 is 0 Å². The summed E-state index contributed by atoms with van der Waals surface area (Å²) in [5.41, 5.74) is 2.06. The standard InChI is InChI=1S/C18H18N2O2S2/c1-22-12-7-5-6-11(10-12)20-17(21)15-13-8-3-4-9-14(13)24-16(15)19-18(20)23-2/h5-7,10H,3-4,8-9H2,1-2H3. The van der Waals surface area contributed by atoms with Gasteiger partial charge in [-0.2, -0.15) is 0 Å². The maximum absolute atomic E-state index is 13.3. The van der Waals surface area contributed by atoms with Crippen molar-refractivity contribution < 1.29 is 4.74 Å². The molecule has 0 N–H and O–H groups in total. The molecule has 3 aromatic rings. The van der Waals surface area contributed by atoms with Gasteiger partial charge in [0, 0.05) is 10.9 Å². The molecular formula is C18H18N2O2S2. The zero-order chi connectivity index (χ0) is 16.7. The molecule has 2 heterocycles. The predicted octanol–water partition coefficient (Wildman–Crippen LogP) is 4.06. The van der Waals surface area contributed by atoms with Crippen LogP contribution in [0.15, 0.2) is 34.2 Å². The molecule has 1 aromatic carbocycles. The van der Waals surface area contributed by atoms with Gasteiger partial charge in [0.1, 0.15) is 10.6 Å². The summed E-state index contributed by atoms with van der Waals surface area (Å²) < 4.78 is 7.03. The monoisotopic (exact) mass is 358 g/mol. The fourth-order valence-electron chi connectivity index (χ4n) is 3.30. The molecule has 4 rings (SSSR count). The van der Waals surface area contributed by atoms with E-state index in [4.69, 9.17) is 9.72 Å². The Hall–Kier alpha value is -1.79. The van der Waals surface area contributed by atoms with Gasteiger partial charge in [-0.15, -0.1) is 11.3 Å². The quantitative estimate of drug-likeness (QED) is 0.523. The van der Waals surface area contributed by atoms with Crippen LogP contribution in [0.5, 0.6) is 5.75 Å². The molecule has 6 heteroatoms. The van der Waals surface area contributed by atoms with Gasteiger partial charge in [0.2, 0.25) is 0 Å². The van der Waals surface area contributed by atoms with Crippen LogP contribution < -0.4 is 10.3 Å². The van der Waals surface area contributed by atoms with Crippen molar-refractivity contribution in [1.82, 2.24) is 9.55 Å². The van der Waals surface area contributed by atoms with Crippen molar-refractivity contribution in [3.8, 4) is 11.4 Å². The Balaban J connectivity index is 2.03. The number of thiophene rings is 1. The van der Waals surface area contributed by atoms with Crippen LogP contribution in [-0.4, -0.2) is 22.9 Å². The number of hydrogen-bond acceptors (Lipinski definition) is 5. The Morgan fingerprint density at radius 3 is 2.92 bits per heavy atom. The number of hydrogen-bond donors (Lipinski definition) is 0. The third-order valence-corrected chi connectivity index (χ3v) is 6.28. The first kappa shape index (κ1) is 15.7. The van der Waals surface area contributed by atoms with E-state index in [2.05, 4.69) is 0 Å². The van der Waals surface area contributed by atoms with Gasteiger partial charge in [0.15, 0.2) is 5.16 Å². The summed E-state index contributed by atoms with van der Waals surface area (Å²) in [6.45, 7) is 0. The molecule has 0 radical (unpaired) electrons. The second-order valence-corrected chi connectivity index (χ2v) is 7.69. The third-order valence-electron chi connectivity index (χ3n) is 4.45.